The Morgan fingerprint density at radius 2 is 1.88 bits per heavy atom. The summed E-state index contributed by atoms with van der Waals surface area (Å²) in [6, 6.07) is 2.05. The van der Waals surface area contributed by atoms with E-state index in [1.807, 2.05) is 0 Å². The Morgan fingerprint density at radius 1 is 1.31 bits per heavy atom. The number of hydrogen-bond donors (Lipinski definition) is 0. The number of benzene rings is 1. The Kier molecular flexibility index (Phi) is 3.26. The zero-order valence-electron chi connectivity index (χ0n) is 9.11. The molecule has 0 heterocycles. The van der Waals surface area contributed by atoms with Gasteiger partial charge in [0, 0.05) is 0 Å². The van der Waals surface area contributed by atoms with Crippen LogP contribution in [0.3, 0.4) is 0 Å². The lowest BCUT2D eigenvalue weighted by molar-refractivity contribution is -0.138. The maximum Gasteiger partial charge on any atom is 0.416 e. The van der Waals surface area contributed by atoms with Gasteiger partial charge in [0.05, 0.1) is 18.2 Å². The molecule has 0 spiro atoms. The van der Waals surface area contributed by atoms with Gasteiger partial charge in [-0.2, -0.15) is 13.2 Å². The number of Topliss-reactive ketones (excluding diaryl/α,β-unsaturated/α-hetero) is 1. The van der Waals surface area contributed by atoms with Crippen LogP contribution in [0.2, 0.25) is 0 Å². The summed E-state index contributed by atoms with van der Waals surface area (Å²) >= 11 is 0. The van der Waals surface area contributed by atoms with E-state index in [2.05, 4.69) is 0 Å². The largest absolute Gasteiger partial charge is 0.496 e. The summed E-state index contributed by atoms with van der Waals surface area (Å²) in [4.78, 5) is 11.2. The normalized spacial score (nSPS) is 11.4. The van der Waals surface area contributed by atoms with Gasteiger partial charge >= 0.3 is 6.18 Å². The second-order valence-electron chi connectivity index (χ2n) is 3.42. The molecule has 0 saturated heterocycles. The molecule has 1 aromatic carbocycles. The molecule has 0 bridgehead atoms. The lowest BCUT2D eigenvalue weighted by atomic mass is 10.0. The molecule has 0 aromatic heterocycles. The standard InChI is InChI=1S/C11H11F3O2/c1-6-4-8(7(2)15)10(16-3)5-9(6)11(12,13)14/h4-5H,1-3H3. The third kappa shape index (κ3) is 2.35. The van der Waals surface area contributed by atoms with Crippen molar-refractivity contribution < 1.29 is 22.7 Å². The highest BCUT2D eigenvalue weighted by molar-refractivity contribution is 5.97. The predicted molar refractivity (Wildman–Crippen MR) is 52.7 cm³/mol. The third-order valence-corrected chi connectivity index (χ3v) is 2.23. The first-order valence-electron chi connectivity index (χ1n) is 4.54. The molecule has 0 N–H and O–H groups in total. The molecule has 0 unspecified atom stereocenters. The number of rotatable bonds is 2. The van der Waals surface area contributed by atoms with Crippen LogP contribution in [0, 0.1) is 6.92 Å². The second kappa shape index (κ2) is 4.15. The molecule has 16 heavy (non-hydrogen) atoms. The van der Waals surface area contributed by atoms with E-state index >= 15 is 0 Å². The highest BCUT2D eigenvalue weighted by Crippen LogP contribution is 2.35. The zero-order valence-corrected chi connectivity index (χ0v) is 9.11. The zero-order chi connectivity index (χ0) is 12.5. The first kappa shape index (κ1) is 12.5. The molecular weight excluding hydrogens is 221 g/mol. The molecular formula is C11H11F3O2. The van der Waals surface area contributed by atoms with Crippen LogP contribution in [0.4, 0.5) is 13.2 Å². The van der Waals surface area contributed by atoms with Gasteiger partial charge in [-0.3, -0.25) is 4.79 Å². The van der Waals surface area contributed by atoms with Crippen LogP contribution in [-0.2, 0) is 6.18 Å². The van der Waals surface area contributed by atoms with Crippen molar-refractivity contribution in [2.45, 2.75) is 20.0 Å². The van der Waals surface area contributed by atoms with Crippen molar-refractivity contribution in [2.75, 3.05) is 7.11 Å². The van der Waals surface area contributed by atoms with Crippen LogP contribution in [0.1, 0.15) is 28.4 Å². The number of carbonyl (C=O) groups is 1. The minimum absolute atomic E-state index is 0.0125. The maximum atomic E-state index is 12.6. The van der Waals surface area contributed by atoms with E-state index in [1.165, 1.54) is 27.0 Å². The Bertz CT molecular complexity index is 422. The van der Waals surface area contributed by atoms with Crippen LogP contribution in [0.15, 0.2) is 12.1 Å². The Balaban J connectivity index is 3.43. The summed E-state index contributed by atoms with van der Waals surface area (Å²) in [5.74, 6) is -0.376. The molecule has 0 saturated carbocycles. The van der Waals surface area contributed by atoms with Crippen molar-refractivity contribution in [1.29, 1.82) is 0 Å². The predicted octanol–water partition coefficient (Wildman–Crippen LogP) is 3.23. The van der Waals surface area contributed by atoms with Gasteiger partial charge in [0.25, 0.3) is 0 Å². The first-order chi connectivity index (χ1) is 7.27. The average Bonchev–Trinajstić information content (AvgIpc) is 2.15. The van der Waals surface area contributed by atoms with Gasteiger partial charge < -0.3 is 4.74 Å². The number of alkyl halides is 3. The smallest absolute Gasteiger partial charge is 0.416 e. The summed E-state index contributed by atoms with van der Waals surface area (Å²) in [5.41, 5.74) is -0.610. The van der Waals surface area contributed by atoms with E-state index in [0.717, 1.165) is 6.07 Å². The maximum absolute atomic E-state index is 12.6. The van der Waals surface area contributed by atoms with E-state index in [4.69, 9.17) is 4.74 Å². The molecule has 0 fully saturated rings. The minimum Gasteiger partial charge on any atom is -0.496 e. The van der Waals surface area contributed by atoms with Crippen LogP contribution in [-0.4, -0.2) is 12.9 Å². The molecule has 0 aliphatic heterocycles. The summed E-state index contributed by atoms with van der Waals surface area (Å²) in [6.07, 6.45) is -4.44. The number of methoxy groups -OCH3 is 1. The lowest BCUT2D eigenvalue weighted by Gasteiger charge is -2.14. The Morgan fingerprint density at radius 3 is 2.25 bits per heavy atom. The van der Waals surface area contributed by atoms with Crippen molar-refractivity contribution in [2.24, 2.45) is 0 Å². The number of hydrogen-bond acceptors (Lipinski definition) is 2. The molecule has 0 amide bonds. The summed E-state index contributed by atoms with van der Waals surface area (Å²) in [5, 5.41) is 0. The lowest BCUT2D eigenvalue weighted by Crippen LogP contribution is -2.10. The molecule has 88 valence electrons. The number of halogens is 3. The summed E-state index contributed by atoms with van der Waals surface area (Å²) in [7, 11) is 1.23. The number of aryl methyl sites for hydroxylation is 1. The fourth-order valence-electron chi connectivity index (χ4n) is 1.44. The van der Waals surface area contributed by atoms with Crippen LogP contribution >= 0.6 is 0 Å². The number of ether oxygens (including phenoxy) is 1. The Hall–Kier alpha value is -1.52. The summed E-state index contributed by atoms with van der Waals surface area (Å²) in [6.45, 7) is 2.60. The molecule has 1 rings (SSSR count). The fourth-order valence-corrected chi connectivity index (χ4v) is 1.44. The number of ketones is 1. The van der Waals surface area contributed by atoms with Crippen molar-refractivity contribution in [3.8, 4) is 5.75 Å². The van der Waals surface area contributed by atoms with Crippen molar-refractivity contribution >= 4 is 5.78 Å². The average molecular weight is 232 g/mol. The van der Waals surface area contributed by atoms with Gasteiger partial charge in [0.15, 0.2) is 5.78 Å². The van der Waals surface area contributed by atoms with Crippen molar-refractivity contribution in [1.82, 2.24) is 0 Å². The van der Waals surface area contributed by atoms with Gasteiger partial charge in [-0.25, -0.2) is 0 Å². The van der Waals surface area contributed by atoms with Gasteiger partial charge in [0.2, 0.25) is 0 Å². The minimum atomic E-state index is -4.44. The molecule has 0 atom stereocenters. The van der Waals surface area contributed by atoms with Crippen molar-refractivity contribution in [3.63, 3.8) is 0 Å². The van der Waals surface area contributed by atoms with E-state index in [9.17, 15) is 18.0 Å². The topological polar surface area (TPSA) is 26.3 Å². The molecule has 5 heteroatoms. The Labute approximate surface area is 91.0 Å². The van der Waals surface area contributed by atoms with Crippen LogP contribution in [0.25, 0.3) is 0 Å². The van der Waals surface area contributed by atoms with E-state index in [1.54, 1.807) is 0 Å². The highest BCUT2D eigenvalue weighted by Gasteiger charge is 2.33. The van der Waals surface area contributed by atoms with Crippen LogP contribution in [0.5, 0.6) is 5.75 Å². The fraction of sp³-hybridized carbons (Fsp3) is 0.364. The molecule has 1 aromatic rings. The molecule has 0 radical (unpaired) electrons. The number of carbonyl (C=O) groups excluding carboxylic acids is 1. The molecule has 0 aliphatic carbocycles. The summed E-state index contributed by atoms with van der Waals surface area (Å²) < 4.78 is 42.4. The van der Waals surface area contributed by atoms with Gasteiger partial charge in [0.1, 0.15) is 5.75 Å². The van der Waals surface area contributed by atoms with Gasteiger partial charge in [-0.05, 0) is 31.5 Å². The monoisotopic (exact) mass is 232 g/mol. The SMILES string of the molecule is COc1cc(C(F)(F)F)c(C)cc1C(C)=O. The highest BCUT2D eigenvalue weighted by atomic mass is 19.4. The molecule has 2 nitrogen and oxygen atoms in total. The van der Waals surface area contributed by atoms with Crippen LogP contribution < -0.4 is 4.74 Å². The first-order valence-corrected chi connectivity index (χ1v) is 4.54. The van der Waals surface area contributed by atoms with Crippen molar-refractivity contribution in [3.05, 3.63) is 28.8 Å². The second-order valence-corrected chi connectivity index (χ2v) is 3.42. The molecule has 0 aliphatic rings. The van der Waals surface area contributed by atoms with E-state index in [-0.39, 0.29) is 22.7 Å². The third-order valence-electron chi connectivity index (χ3n) is 2.23. The van der Waals surface area contributed by atoms with E-state index < -0.39 is 11.7 Å². The quantitative estimate of drug-likeness (QED) is 0.732. The van der Waals surface area contributed by atoms with Gasteiger partial charge in [-0.1, -0.05) is 0 Å². The van der Waals surface area contributed by atoms with Gasteiger partial charge in [-0.15, -0.1) is 0 Å². The van der Waals surface area contributed by atoms with E-state index in [0.29, 0.717) is 0 Å².